The van der Waals surface area contributed by atoms with Crippen LogP contribution in [0.3, 0.4) is 0 Å². The van der Waals surface area contributed by atoms with Crippen LogP contribution in [0, 0.1) is 6.92 Å². The van der Waals surface area contributed by atoms with Crippen LogP contribution in [0.4, 0.5) is 5.13 Å². The highest BCUT2D eigenvalue weighted by Gasteiger charge is 2.42. The van der Waals surface area contributed by atoms with Gasteiger partial charge in [-0.3, -0.25) is 14.7 Å². The van der Waals surface area contributed by atoms with E-state index < -0.39 is 16.1 Å². The number of aromatic nitrogens is 2. The number of carbonyl (C=O) groups excluding carboxylic acids is 1. The number of pyridine rings is 1. The summed E-state index contributed by atoms with van der Waals surface area (Å²) >= 11 is 2.62. The molecule has 0 N–H and O–H groups in total. The molecule has 0 aliphatic carbocycles. The molecule has 1 saturated heterocycles. The minimum absolute atomic E-state index is 0.249. The maximum atomic E-state index is 13.9. The van der Waals surface area contributed by atoms with E-state index in [9.17, 15) is 13.2 Å². The van der Waals surface area contributed by atoms with Crippen molar-refractivity contribution >= 4 is 54.0 Å². The highest BCUT2D eigenvalue weighted by molar-refractivity contribution is 7.91. The van der Waals surface area contributed by atoms with E-state index in [2.05, 4.69) is 4.98 Å². The van der Waals surface area contributed by atoms with Crippen molar-refractivity contribution in [2.24, 2.45) is 0 Å². The lowest BCUT2D eigenvalue weighted by molar-refractivity contribution is -0.121. The van der Waals surface area contributed by atoms with Gasteiger partial charge in [0.2, 0.25) is 5.91 Å². The zero-order valence-electron chi connectivity index (χ0n) is 17.9. The third-order valence-corrected chi connectivity index (χ3v) is 10.1. The summed E-state index contributed by atoms with van der Waals surface area (Å²) in [6, 6.07) is 12.2. The molecule has 5 rings (SSSR count). The van der Waals surface area contributed by atoms with Crippen molar-refractivity contribution in [1.82, 2.24) is 14.3 Å². The number of nitrogens with zero attached hydrogens (tertiary/aromatic N) is 4. The van der Waals surface area contributed by atoms with Crippen LogP contribution in [0.15, 0.2) is 64.4 Å². The summed E-state index contributed by atoms with van der Waals surface area (Å²) in [5.41, 5.74) is 2.80. The summed E-state index contributed by atoms with van der Waals surface area (Å²) in [5.74, 6) is -0.249. The van der Waals surface area contributed by atoms with Crippen LogP contribution in [0.25, 0.3) is 10.2 Å². The molecule has 1 atom stereocenters. The molecule has 0 radical (unpaired) electrons. The van der Waals surface area contributed by atoms with Crippen LogP contribution < -0.4 is 4.90 Å². The van der Waals surface area contributed by atoms with Crippen molar-refractivity contribution in [3.05, 3.63) is 71.4 Å². The van der Waals surface area contributed by atoms with E-state index >= 15 is 0 Å². The van der Waals surface area contributed by atoms with Crippen LogP contribution in [-0.2, 0) is 21.4 Å². The Morgan fingerprint density at radius 2 is 2.00 bits per heavy atom. The first kappa shape index (κ1) is 22.1. The number of fused-ring (bicyclic) bond motifs is 1. The molecule has 4 aromatic rings. The fraction of sp³-hybridized carbons (Fsp3) is 0.261. The molecule has 1 fully saturated rings. The number of carbonyl (C=O) groups is 1. The first-order valence-corrected chi connectivity index (χ1v) is 13.7. The highest BCUT2D eigenvalue weighted by Crippen LogP contribution is 2.35. The number of benzene rings is 1. The van der Waals surface area contributed by atoms with Gasteiger partial charge in [-0.05, 0) is 60.5 Å². The Morgan fingerprint density at radius 3 is 2.73 bits per heavy atom. The van der Waals surface area contributed by atoms with Gasteiger partial charge in [0, 0.05) is 18.9 Å². The molecule has 1 aliphatic rings. The predicted octanol–water partition coefficient (Wildman–Crippen LogP) is 4.45. The second-order valence-electron chi connectivity index (χ2n) is 7.90. The predicted molar refractivity (Wildman–Crippen MR) is 131 cm³/mol. The van der Waals surface area contributed by atoms with Gasteiger partial charge in [-0.25, -0.2) is 13.4 Å². The lowest BCUT2D eigenvalue weighted by atomic mass is 10.2. The standard InChI is InChI=1S/C23H22N4O3S3/c1-16-5-2-7-19-21(16)25-23(32-19)26(15-17-9-11-24-12-10-17)22(28)18-6-3-13-27(18)33(29,30)20-8-4-14-31-20/h2,4-5,7-12,14,18H,3,6,13,15H2,1H3. The molecule has 4 heterocycles. The number of amides is 1. The normalized spacial score (nSPS) is 16.9. The first-order valence-electron chi connectivity index (χ1n) is 10.6. The topological polar surface area (TPSA) is 83.5 Å². The first-order chi connectivity index (χ1) is 15.9. The molecule has 0 bridgehead atoms. The van der Waals surface area contributed by atoms with E-state index in [1.165, 1.54) is 27.0 Å². The monoisotopic (exact) mass is 498 g/mol. The fourth-order valence-corrected chi connectivity index (χ4v) is 7.90. The van der Waals surface area contributed by atoms with E-state index in [0.29, 0.717) is 31.1 Å². The van der Waals surface area contributed by atoms with Gasteiger partial charge in [0.25, 0.3) is 10.0 Å². The third kappa shape index (κ3) is 4.19. The van der Waals surface area contributed by atoms with E-state index in [1.54, 1.807) is 34.8 Å². The molecule has 1 amide bonds. The van der Waals surface area contributed by atoms with Crippen molar-refractivity contribution in [1.29, 1.82) is 0 Å². The van der Waals surface area contributed by atoms with Crippen LogP contribution in [0.2, 0.25) is 0 Å². The van der Waals surface area contributed by atoms with Crippen molar-refractivity contribution in [2.45, 2.75) is 36.6 Å². The summed E-state index contributed by atoms with van der Waals surface area (Å²) in [6.45, 7) is 2.62. The summed E-state index contributed by atoms with van der Waals surface area (Å²) in [6.07, 6.45) is 4.50. The summed E-state index contributed by atoms with van der Waals surface area (Å²) in [7, 11) is -3.73. The minimum Gasteiger partial charge on any atom is -0.282 e. The number of anilines is 1. The van der Waals surface area contributed by atoms with Gasteiger partial charge in [0.05, 0.1) is 16.8 Å². The molecule has 7 nitrogen and oxygen atoms in total. The van der Waals surface area contributed by atoms with E-state index in [4.69, 9.17) is 4.98 Å². The molecule has 3 aromatic heterocycles. The van der Waals surface area contributed by atoms with Gasteiger partial charge in [0.1, 0.15) is 10.3 Å². The number of sulfonamides is 1. The number of hydrogen-bond acceptors (Lipinski definition) is 7. The number of aryl methyl sites for hydroxylation is 1. The summed E-state index contributed by atoms with van der Waals surface area (Å²) in [5, 5.41) is 2.31. The molecule has 1 aliphatic heterocycles. The largest absolute Gasteiger partial charge is 0.282 e. The molecule has 0 saturated carbocycles. The average molecular weight is 499 g/mol. The second-order valence-corrected chi connectivity index (χ2v) is 12.0. The van der Waals surface area contributed by atoms with Crippen LogP contribution >= 0.6 is 22.7 Å². The Bertz CT molecular complexity index is 1390. The molecule has 0 spiro atoms. The van der Waals surface area contributed by atoms with Crippen molar-refractivity contribution in [2.75, 3.05) is 11.4 Å². The van der Waals surface area contributed by atoms with Crippen LogP contribution in [-0.4, -0.2) is 41.2 Å². The Balaban J connectivity index is 1.54. The highest BCUT2D eigenvalue weighted by atomic mass is 32.2. The SMILES string of the molecule is Cc1cccc2sc(N(Cc3ccncc3)C(=O)C3CCCN3S(=O)(=O)c3cccs3)nc12. The molecule has 1 aromatic carbocycles. The van der Waals surface area contributed by atoms with Gasteiger partial charge in [0.15, 0.2) is 5.13 Å². The van der Waals surface area contributed by atoms with E-state index in [0.717, 1.165) is 21.3 Å². The second kappa shape index (κ2) is 8.94. The minimum atomic E-state index is -3.73. The van der Waals surface area contributed by atoms with Crippen LogP contribution in [0.5, 0.6) is 0 Å². The van der Waals surface area contributed by atoms with Crippen LogP contribution in [0.1, 0.15) is 24.0 Å². The van der Waals surface area contributed by atoms with Crippen molar-refractivity contribution < 1.29 is 13.2 Å². The van der Waals surface area contributed by atoms with Crippen molar-refractivity contribution in [3.63, 3.8) is 0 Å². The third-order valence-electron chi connectivity index (χ3n) is 5.74. The smallest absolute Gasteiger partial charge is 0.253 e. The van der Waals surface area contributed by atoms with Gasteiger partial charge >= 0.3 is 0 Å². The molecule has 170 valence electrons. The number of hydrogen-bond donors (Lipinski definition) is 0. The Kier molecular flexibility index (Phi) is 6.00. The van der Waals surface area contributed by atoms with Gasteiger partial charge < -0.3 is 0 Å². The molecule has 1 unspecified atom stereocenters. The lowest BCUT2D eigenvalue weighted by Crippen LogP contribution is -2.47. The average Bonchev–Trinajstić information content (AvgIpc) is 3.58. The molecule has 33 heavy (non-hydrogen) atoms. The quantitative estimate of drug-likeness (QED) is 0.392. The van der Waals surface area contributed by atoms with E-state index in [1.807, 2.05) is 37.3 Å². The Labute approximate surface area is 200 Å². The maximum Gasteiger partial charge on any atom is 0.253 e. The number of para-hydroxylation sites is 1. The summed E-state index contributed by atoms with van der Waals surface area (Å²) in [4.78, 5) is 24.4. The van der Waals surface area contributed by atoms with Gasteiger partial charge in [-0.2, -0.15) is 4.31 Å². The van der Waals surface area contributed by atoms with Crippen molar-refractivity contribution in [3.8, 4) is 0 Å². The van der Waals surface area contributed by atoms with E-state index in [-0.39, 0.29) is 10.1 Å². The zero-order chi connectivity index (χ0) is 23.0. The molecule has 10 heteroatoms. The Morgan fingerprint density at radius 1 is 1.18 bits per heavy atom. The molecular formula is C23H22N4O3S3. The fourth-order valence-electron chi connectivity index (χ4n) is 4.08. The lowest BCUT2D eigenvalue weighted by Gasteiger charge is -2.28. The molecular weight excluding hydrogens is 476 g/mol. The number of rotatable bonds is 6. The zero-order valence-corrected chi connectivity index (χ0v) is 20.4. The maximum absolute atomic E-state index is 13.9. The number of thiazole rings is 1. The summed E-state index contributed by atoms with van der Waals surface area (Å²) < 4.78 is 29.1. The van der Waals surface area contributed by atoms with Gasteiger partial charge in [-0.1, -0.05) is 29.5 Å². The Hall–Kier alpha value is -2.66. The van der Waals surface area contributed by atoms with Gasteiger partial charge in [-0.15, -0.1) is 11.3 Å². The number of thiophene rings is 1.